The second-order valence-electron chi connectivity index (χ2n) is 17.2. The molecule has 0 aliphatic rings. The Morgan fingerprint density at radius 1 is 0.339 bits per heavy atom. The van der Waals surface area contributed by atoms with E-state index in [2.05, 4.69) is 182 Å². The molecule has 62 heavy (non-hydrogen) atoms. The first-order chi connectivity index (χ1) is 30.3. The summed E-state index contributed by atoms with van der Waals surface area (Å²) in [6, 6.07) is 60.5. The van der Waals surface area contributed by atoms with Crippen LogP contribution in [0.15, 0.2) is 195 Å². The van der Waals surface area contributed by atoms with E-state index in [0.717, 1.165) is 56.2 Å². The second-order valence-corrected chi connectivity index (χ2v) is 17.2. The minimum atomic E-state index is -0.296. The Morgan fingerprint density at radius 3 is 1.16 bits per heavy atom. The lowest BCUT2D eigenvalue weighted by Crippen LogP contribution is -2.19. The Balaban J connectivity index is 0.898. The average molecular weight is 801 g/mol. The molecule has 11 aromatic rings. The lowest BCUT2D eigenvalue weighted by Gasteiger charge is -2.27. The molecule has 298 valence electrons. The van der Waals surface area contributed by atoms with Crippen LogP contribution in [0.3, 0.4) is 0 Å². The number of aromatic nitrogens is 6. The normalized spacial score (nSPS) is 12.2. The first-order valence-corrected chi connectivity index (χ1v) is 21.2. The highest BCUT2D eigenvalue weighted by molar-refractivity contribution is 6.10. The van der Waals surface area contributed by atoms with Crippen LogP contribution in [0.1, 0.15) is 49.9 Å². The highest BCUT2D eigenvalue weighted by Gasteiger charge is 2.27. The van der Waals surface area contributed by atoms with Crippen LogP contribution in [0.2, 0.25) is 0 Å². The van der Waals surface area contributed by atoms with Gasteiger partial charge in [0.1, 0.15) is 11.6 Å². The molecule has 0 bridgehead atoms. The monoisotopic (exact) mass is 800 g/mol. The Bertz CT molecular complexity index is 3220. The van der Waals surface area contributed by atoms with Crippen LogP contribution in [-0.4, -0.2) is 29.1 Å². The maximum absolute atomic E-state index is 4.99. The van der Waals surface area contributed by atoms with Gasteiger partial charge in [-0.25, -0.2) is 9.97 Å². The van der Waals surface area contributed by atoms with Crippen molar-refractivity contribution in [3.8, 4) is 34.2 Å². The number of pyridine rings is 2. The van der Waals surface area contributed by atoms with Crippen molar-refractivity contribution in [1.82, 2.24) is 29.1 Å². The quantitative estimate of drug-likeness (QED) is 0.154. The minimum Gasteiger partial charge on any atom is -0.294 e. The molecule has 0 saturated carbocycles. The predicted molar refractivity (Wildman–Crippen MR) is 254 cm³/mol. The van der Waals surface area contributed by atoms with E-state index in [1.807, 2.05) is 49.1 Å². The maximum atomic E-state index is 4.99. The van der Waals surface area contributed by atoms with Gasteiger partial charge in [0.05, 0.1) is 45.8 Å². The van der Waals surface area contributed by atoms with Gasteiger partial charge in [-0.2, -0.15) is 0 Å². The van der Waals surface area contributed by atoms with Crippen molar-refractivity contribution in [3.05, 3.63) is 217 Å². The number of benzene rings is 6. The van der Waals surface area contributed by atoms with Gasteiger partial charge in [0.25, 0.3) is 0 Å². The summed E-state index contributed by atoms with van der Waals surface area (Å²) in [5, 5.41) is 4.87. The van der Waals surface area contributed by atoms with Crippen LogP contribution < -0.4 is 0 Å². The summed E-state index contributed by atoms with van der Waals surface area (Å²) < 4.78 is 4.55. The number of para-hydroxylation sites is 2. The van der Waals surface area contributed by atoms with E-state index in [0.29, 0.717) is 0 Å². The third-order valence-corrected chi connectivity index (χ3v) is 13.0. The van der Waals surface area contributed by atoms with E-state index < -0.39 is 0 Å². The molecule has 6 aromatic carbocycles. The standard InChI is InChI=1S/C56H44N6/c1-55(2,41-25-27-45-43-19-5-7-21-49(43)61(51(45)33-41)53-23-9-11-29-57-53)39-17-13-15-37(31-39)47-35-60-48(36-59-47)38-16-14-18-40(32-38)56(3,4)42-26-28-46-44-20-6-8-22-50(44)62(52(46)34-42)54-24-10-12-30-58-54/h5-36H,1-4H3. The number of nitrogens with zero attached hydrogens (tertiary/aromatic N) is 6. The number of fused-ring (bicyclic) bond motifs is 6. The summed E-state index contributed by atoms with van der Waals surface area (Å²) in [5.41, 5.74) is 12.6. The van der Waals surface area contributed by atoms with Gasteiger partial charge in [-0.3, -0.25) is 19.1 Å². The lowest BCUT2D eigenvalue weighted by atomic mass is 9.77. The molecule has 0 fully saturated rings. The van der Waals surface area contributed by atoms with E-state index >= 15 is 0 Å². The Morgan fingerprint density at radius 2 is 0.742 bits per heavy atom. The van der Waals surface area contributed by atoms with Crippen LogP contribution in [0.25, 0.3) is 77.8 Å². The molecule has 0 saturated heterocycles. The highest BCUT2D eigenvalue weighted by atomic mass is 15.1. The molecule has 0 atom stereocenters. The van der Waals surface area contributed by atoms with E-state index in [4.69, 9.17) is 19.9 Å². The van der Waals surface area contributed by atoms with Gasteiger partial charge in [-0.15, -0.1) is 0 Å². The van der Waals surface area contributed by atoms with Crippen molar-refractivity contribution in [3.63, 3.8) is 0 Å². The number of hydrogen-bond donors (Lipinski definition) is 0. The molecule has 0 aliphatic heterocycles. The van der Waals surface area contributed by atoms with Crippen molar-refractivity contribution >= 4 is 43.6 Å². The largest absolute Gasteiger partial charge is 0.294 e. The summed E-state index contributed by atoms with van der Waals surface area (Å²) in [6.45, 7) is 9.18. The number of hydrogen-bond acceptors (Lipinski definition) is 4. The van der Waals surface area contributed by atoms with E-state index in [9.17, 15) is 0 Å². The molecule has 5 heterocycles. The highest BCUT2D eigenvalue weighted by Crippen LogP contribution is 2.40. The Kier molecular flexibility index (Phi) is 8.72. The van der Waals surface area contributed by atoms with Gasteiger partial charge in [0.15, 0.2) is 0 Å². The zero-order valence-corrected chi connectivity index (χ0v) is 35.2. The fraction of sp³-hybridized carbons (Fsp3) is 0.107. The first-order valence-electron chi connectivity index (χ1n) is 21.2. The van der Waals surface area contributed by atoms with Gasteiger partial charge in [0, 0.05) is 55.9 Å². The van der Waals surface area contributed by atoms with Crippen molar-refractivity contribution in [2.24, 2.45) is 0 Å². The predicted octanol–water partition coefficient (Wildman–Crippen LogP) is 13.4. The lowest BCUT2D eigenvalue weighted by molar-refractivity contribution is 0.641. The molecule has 0 unspecified atom stereocenters. The second kappa shape index (κ2) is 14.5. The fourth-order valence-electron chi connectivity index (χ4n) is 9.28. The summed E-state index contributed by atoms with van der Waals surface area (Å²) in [6.07, 6.45) is 7.52. The van der Waals surface area contributed by atoms with Gasteiger partial charge >= 0.3 is 0 Å². The molecule has 0 aliphatic carbocycles. The summed E-state index contributed by atoms with van der Waals surface area (Å²) in [7, 11) is 0. The van der Waals surface area contributed by atoms with Crippen LogP contribution in [0, 0.1) is 0 Å². The van der Waals surface area contributed by atoms with E-state index in [1.54, 1.807) is 0 Å². The summed E-state index contributed by atoms with van der Waals surface area (Å²) in [5.74, 6) is 1.82. The smallest absolute Gasteiger partial charge is 0.137 e. The van der Waals surface area contributed by atoms with Crippen molar-refractivity contribution in [1.29, 1.82) is 0 Å². The fourth-order valence-corrected chi connectivity index (χ4v) is 9.28. The van der Waals surface area contributed by atoms with Crippen LogP contribution >= 0.6 is 0 Å². The van der Waals surface area contributed by atoms with E-state index in [1.165, 1.54) is 43.8 Å². The summed E-state index contributed by atoms with van der Waals surface area (Å²) in [4.78, 5) is 19.5. The third-order valence-electron chi connectivity index (χ3n) is 13.0. The molecule has 0 N–H and O–H groups in total. The zero-order chi connectivity index (χ0) is 42.0. The minimum absolute atomic E-state index is 0.296. The molecule has 11 rings (SSSR count). The van der Waals surface area contributed by atoms with Crippen molar-refractivity contribution in [2.75, 3.05) is 0 Å². The van der Waals surface area contributed by atoms with Gasteiger partial charge in [0.2, 0.25) is 0 Å². The van der Waals surface area contributed by atoms with Crippen molar-refractivity contribution < 1.29 is 0 Å². The van der Waals surface area contributed by atoms with Crippen LogP contribution in [0.4, 0.5) is 0 Å². The third kappa shape index (κ3) is 6.09. The molecule has 0 radical (unpaired) electrons. The van der Waals surface area contributed by atoms with E-state index in [-0.39, 0.29) is 10.8 Å². The molecule has 6 heteroatoms. The summed E-state index contributed by atoms with van der Waals surface area (Å²) >= 11 is 0. The molecular weight excluding hydrogens is 757 g/mol. The van der Waals surface area contributed by atoms with Gasteiger partial charge in [-0.05, 0) is 82.9 Å². The molecule has 0 spiro atoms. The Hall–Kier alpha value is -7.70. The number of rotatable bonds is 8. The van der Waals surface area contributed by atoms with Crippen LogP contribution in [0.5, 0.6) is 0 Å². The van der Waals surface area contributed by atoms with Crippen LogP contribution in [-0.2, 0) is 10.8 Å². The van der Waals surface area contributed by atoms with Crippen molar-refractivity contribution in [2.45, 2.75) is 38.5 Å². The van der Waals surface area contributed by atoms with Gasteiger partial charge in [-0.1, -0.05) is 137 Å². The topological polar surface area (TPSA) is 61.4 Å². The first kappa shape index (κ1) is 37.3. The molecule has 6 nitrogen and oxygen atoms in total. The Labute approximate surface area is 360 Å². The molecular formula is C56H44N6. The molecule has 5 aromatic heterocycles. The maximum Gasteiger partial charge on any atom is 0.137 e. The van der Waals surface area contributed by atoms with Gasteiger partial charge < -0.3 is 0 Å². The zero-order valence-electron chi connectivity index (χ0n) is 35.2. The molecule has 0 amide bonds. The SMILES string of the molecule is CC(C)(c1cccc(-c2cnc(-c3cccc(C(C)(C)c4ccc5c6ccccc6n(-c6ccccn6)c5c4)c3)cn2)c1)c1ccc2c3ccccc3n(-c3ccccn3)c2c1. The average Bonchev–Trinajstić information content (AvgIpc) is 3.84.